The van der Waals surface area contributed by atoms with Crippen LogP contribution in [0.3, 0.4) is 0 Å². The summed E-state index contributed by atoms with van der Waals surface area (Å²) in [4.78, 5) is 11.3. The number of allylic oxidation sites excluding steroid dienone is 4. The molecule has 0 radical (unpaired) electrons. The number of hydrogen-bond donors (Lipinski definition) is 0. The van der Waals surface area contributed by atoms with Crippen LogP contribution in [-0.4, -0.2) is 5.78 Å². The summed E-state index contributed by atoms with van der Waals surface area (Å²) in [5, 5.41) is 0. The molecule has 0 N–H and O–H groups in total. The van der Waals surface area contributed by atoms with Crippen LogP contribution < -0.4 is 0 Å². The number of hydrogen-bond acceptors (Lipinski definition) is 1. The monoisotopic (exact) mass is 192 g/mol. The quantitative estimate of drug-likeness (QED) is 0.577. The second-order valence-electron chi connectivity index (χ2n) is 4.35. The molecule has 0 heterocycles. The van der Waals surface area contributed by atoms with E-state index in [4.69, 9.17) is 0 Å². The molecule has 0 aromatic heterocycles. The van der Waals surface area contributed by atoms with Gasteiger partial charge in [0.25, 0.3) is 0 Å². The number of carbonyl (C=O) groups is 1. The Balaban J connectivity index is 3.12. The van der Waals surface area contributed by atoms with Crippen LogP contribution in [0.2, 0.25) is 0 Å². The van der Waals surface area contributed by atoms with Crippen molar-refractivity contribution in [3.05, 3.63) is 22.3 Å². The Hall–Kier alpha value is -0.850. The molecule has 1 nitrogen and oxygen atoms in total. The lowest BCUT2D eigenvalue weighted by Gasteiger charge is -2.21. The van der Waals surface area contributed by atoms with Gasteiger partial charge in [0.15, 0.2) is 5.78 Å². The van der Waals surface area contributed by atoms with Gasteiger partial charge in [0.2, 0.25) is 0 Å². The molecule has 1 aliphatic carbocycles. The third kappa shape index (κ3) is 2.34. The summed E-state index contributed by atoms with van der Waals surface area (Å²) in [6, 6.07) is 0. The van der Waals surface area contributed by atoms with Crippen molar-refractivity contribution in [2.24, 2.45) is 0 Å². The van der Waals surface area contributed by atoms with Crippen LogP contribution in [-0.2, 0) is 4.79 Å². The fraction of sp³-hybridized carbons (Fsp3) is 0.615. The van der Waals surface area contributed by atoms with E-state index in [0.717, 1.165) is 18.4 Å². The summed E-state index contributed by atoms with van der Waals surface area (Å²) in [6.07, 6.45) is 4.75. The van der Waals surface area contributed by atoms with Crippen molar-refractivity contribution in [2.75, 3.05) is 0 Å². The minimum Gasteiger partial charge on any atom is -0.295 e. The Labute approximate surface area is 86.9 Å². The Bertz CT molecular complexity index is 298. The highest BCUT2D eigenvalue weighted by atomic mass is 16.1. The summed E-state index contributed by atoms with van der Waals surface area (Å²) >= 11 is 0. The molecule has 0 unspecified atom stereocenters. The third-order valence-electron chi connectivity index (χ3n) is 3.05. The SMILES string of the molecule is CC(=O)/C(C)=C1/CCCCC1=C(C)C. The highest BCUT2D eigenvalue weighted by Gasteiger charge is 2.16. The highest BCUT2D eigenvalue weighted by Crippen LogP contribution is 2.33. The zero-order valence-electron chi connectivity index (χ0n) is 9.74. The van der Waals surface area contributed by atoms with Crippen molar-refractivity contribution >= 4 is 5.78 Å². The van der Waals surface area contributed by atoms with E-state index in [1.54, 1.807) is 6.92 Å². The average molecular weight is 192 g/mol. The number of rotatable bonds is 1. The molecule has 1 rings (SSSR count). The Kier molecular flexibility index (Phi) is 3.68. The summed E-state index contributed by atoms with van der Waals surface area (Å²) in [5.41, 5.74) is 5.11. The molecule has 1 heteroatoms. The molecule has 1 saturated carbocycles. The molecule has 0 saturated heterocycles. The number of Topliss-reactive ketones (excluding diaryl/α,β-unsaturated/α-hetero) is 1. The van der Waals surface area contributed by atoms with Gasteiger partial charge >= 0.3 is 0 Å². The van der Waals surface area contributed by atoms with Crippen LogP contribution in [0.4, 0.5) is 0 Å². The molecular formula is C13H20O. The largest absolute Gasteiger partial charge is 0.295 e. The molecule has 1 aliphatic rings. The van der Waals surface area contributed by atoms with Gasteiger partial charge in [-0.25, -0.2) is 0 Å². The van der Waals surface area contributed by atoms with E-state index >= 15 is 0 Å². The van der Waals surface area contributed by atoms with E-state index in [9.17, 15) is 4.79 Å². The first-order valence-corrected chi connectivity index (χ1v) is 5.41. The van der Waals surface area contributed by atoms with E-state index in [0.29, 0.717) is 0 Å². The van der Waals surface area contributed by atoms with E-state index < -0.39 is 0 Å². The molecule has 0 aromatic rings. The molecule has 14 heavy (non-hydrogen) atoms. The van der Waals surface area contributed by atoms with Crippen LogP contribution >= 0.6 is 0 Å². The molecule has 0 bridgehead atoms. The maximum Gasteiger partial charge on any atom is 0.155 e. The molecule has 0 atom stereocenters. The van der Waals surface area contributed by atoms with Gasteiger partial charge in [0.1, 0.15) is 0 Å². The van der Waals surface area contributed by atoms with E-state index in [-0.39, 0.29) is 5.78 Å². The van der Waals surface area contributed by atoms with Crippen LogP contribution in [0, 0.1) is 0 Å². The van der Waals surface area contributed by atoms with Gasteiger partial charge < -0.3 is 0 Å². The molecule has 1 fully saturated rings. The van der Waals surface area contributed by atoms with Crippen LogP contribution in [0.1, 0.15) is 53.4 Å². The first-order valence-electron chi connectivity index (χ1n) is 5.41. The second kappa shape index (κ2) is 4.59. The van der Waals surface area contributed by atoms with Crippen molar-refractivity contribution in [3.8, 4) is 0 Å². The number of ketones is 1. The van der Waals surface area contributed by atoms with Gasteiger partial charge in [-0.2, -0.15) is 0 Å². The molecule has 78 valence electrons. The van der Waals surface area contributed by atoms with Crippen LogP contribution in [0.25, 0.3) is 0 Å². The van der Waals surface area contributed by atoms with Crippen molar-refractivity contribution in [1.82, 2.24) is 0 Å². The smallest absolute Gasteiger partial charge is 0.155 e. The lowest BCUT2D eigenvalue weighted by atomic mass is 9.83. The van der Waals surface area contributed by atoms with Crippen LogP contribution in [0.15, 0.2) is 22.3 Å². The summed E-state index contributed by atoms with van der Waals surface area (Å²) in [6.45, 7) is 7.92. The standard InChI is InChI=1S/C13H20O/c1-9(2)12-7-5-6-8-13(12)10(3)11(4)14/h5-8H2,1-4H3/b13-10-. The minimum absolute atomic E-state index is 0.223. The maximum atomic E-state index is 11.3. The summed E-state index contributed by atoms with van der Waals surface area (Å²) in [5.74, 6) is 0.223. The third-order valence-corrected chi connectivity index (χ3v) is 3.05. The fourth-order valence-corrected chi connectivity index (χ4v) is 2.08. The Morgan fingerprint density at radius 1 is 0.929 bits per heavy atom. The van der Waals surface area contributed by atoms with E-state index in [2.05, 4.69) is 13.8 Å². The molecule has 0 spiro atoms. The summed E-state index contributed by atoms with van der Waals surface area (Å²) in [7, 11) is 0. The Morgan fingerprint density at radius 2 is 1.43 bits per heavy atom. The fourth-order valence-electron chi connectivity index (χ4n) is 2.08. The van der Waals surface area contributed by atoms with Crippen molar-refractivity contribution in [1.29, 1.82) is 0 Å². The van der Waals surface area contributed by atoms with Crippen LogP contribution in [0.5, 0.6) is 0 Å². The van der Waals surface area contributed by atoms with E-state index in [1.807, 2.05) is 6.92 Å². The maximum absolute atomic E-state index is 11.3. The normalized spacial score (nSPS) is 20.7. The molecule has 0 aromatic carbocycles. The van der Waals surface area contributed by atoms with Crippen molar-refractivity contribution in [3.63, 3.8) is 0 Å². The highest BCUT2D eigenvalue weighted by molar-refractivity contribution is 5.94. The minimum atomic E-state index is 0.223. The van der Waals surface area contributed by atoms with Gasteiger partial charge in [0.05, 0.1) is 0 Å². The van der Waals surface area contributed by atoms with E-state index in [1.165, 1.54) is 29.6 Å². The zero-order chi connectivity index (χ0) is 10.7. The first-order chi connectivity index (χ1) is 6.54. The molecule has 0 aliphatic heterocycles. The van der Waals surface area contributed by atoms with Gasteiger partial charge in [-0.1, -0.05) is 5.57 Å². The number of carbonyl (C=O) groups excluding carboxylic acids is 1. The summed E-state index contributed by atoms with van der Waals surface area (Å²) < 4.78 is 0. The van der Waals surface area contributed by atoms with Gasteiger partial charge in [-0.05, 0) is 70.1 Å². The molecule has 0 amide bonds. The zero-order valence-corrected chi connectivity index (χ0v) is 9.74. The van der Waals surface area contributed by atoms with Gasteiger partial charge in [-0.15, -0.1) is 0 Å². The lowest BCUT2D eigenvalue weighted by molar-refractivity contribution is -0.113. The first kappa shape index (κ1) is 11.2. The van der Waals surface area contributed by atoms with Gasteiger partial charge in [-0.3, -0.25) is 4.79 Å². The van der Waals surface area contributed by atoms with Crippen molar-refractivity contribution in [2.45, 2.75) is 53.4 Å². The topological polar surface area (TPSA) is 17.1 Å². The van der Waals surface area contributed by atoms with Gasteiger partial charge in [0, 0.05) is 0 Å². The average Bonchev–Trinajstić information content (AvgIpc) is 2.16. The predicted molar refractivity (Wildman–Crippen MR) is 60.2 cm³/mol. The Morgan fingerprint density at radius 3 is 1.86 bits per heavy atom. The molecular weight excluding hydrogens is 172 g/mol. The lowest BCUT2D eigenvalue weighted by Crippen LogP contribution is -2.06. The van der Waals surface area contributed by atoms with Crippen molar-refractivity contribution < 1.29 is 4.79 Å². The second-order valence-corrected chi connectivity index (χ2v) is 4.35. The predicted octanol–water partition coefficient (Wildman–Crippen LogP) is 3.80.